The van der Waals surface area contributed by atoms with E-state index in [-0.39, 0.29) is 0 Å². The van der Waals surface area contributed by atoms with Crippen molar-refractivity contribution in [3.05, 3.63) is 11.5 Å². The van der Waals surface area contributed by atoms with E-state index in [4.69, 9.17) is 24.8 Å². The molecule has 0 aromatic carbocycles. The molecule has 1 fully saturated rings. The molecule has 0 amide bonds. The average Bonchev–Trinajstić information content (AvgIpc) is 2.92. The van der Waals surface area contributed by atoms with Crippen molar-refractivity contribution in [2.45, 2.75) is 50.2 Å². The molecule has 0 saturated carbocycles. The fourth-order valence-electron chi connectivity index (χ4n) is 2.11. The first kappa shape index (κ1) is 22.1. The maximum atomic E-state index is 11.6. The standard InChI is InChI=1S/C14H22O12/c1-14(2)25-10(11(26-14)12(21)22)6(17)4-24-13(23)9(20)8(19)7(18)5(16)3-15/h5-7,10-11,15-20H,3-4H2,1-2H3,(H,21,22)/b9-8-/t5-,6+,7+,10+,11+/m0/s1. The third kappa shape index (κ3) is 5.27. The van der Waals surface area contributed by atoms with Crippen molar-refractivity contribution in [1.29, 1.82) is 0 Å². The first-order valence-electron chi connectivity index (χ1n) is 7.44. The summed E-state index contributed by atoms with van der Waals surface area (Å²) < 4.78 is 14.9. The fraction of sp³-hybridized carbons (Fsp3) is 0.714. The molecule has 150 valence electrons. The van der Waals surface area contributed by atoms with Crippen LogP contribution >= 0.6 is 0 Å². The van der Waals surface area contributed by atoms with Crippen LogP contribution in [0, 0.1) is 0 Å². The number of carboxylic acids is 1. The molecular weight excluding hydrogens is 360 g/mol. The van der Waals surface area contributed by atoms with E-state index in [0.717, 1.165) is 0 Å². The Labute approximate surface area is 147 Å². The van der Waals surface area contributed by atoms with E-state index >= 15 is 0 Å². The molecular formula is C14H22O12. The molecule has 0 aromatic heterocycles. The monoisotopic (exact) mass is 382 g/mol. The second kappa shape index (κ2) is 8.62. The van der Waals surface area contributed by atoms with E-state index in [1.54, 1.807) is 0 Å². The van der Waals surface area contributed by atoms with Crippen LogP contribution in [0.15, 0.2) is 11.5 Å². The predicted molar refractivity (Wildman–Crippen MR) is 79.8 cm³/mol. The number of hydrogen-bond donors (Lipinski definition) is 7. The number of carbonyl (C=O) groups is 2. The summed E-state index contributed by atoms with van der Waals surface area (Å²) in [7, 11) is 0. The molecule has 1 aliphatic rings. The Balaban J connectivity index is 2.73. The number of carboxylic acid groups (broad SMARTS) is 1. The van der Waals surface area contributed by atoms with Crippen molar-refractivity contribution in [3.8, 4) is 0 Å². The summed E-state index contributed by atoms with van der Waals surface area (Å²) in [4.78, 5) is 22.7. The van der Waals surface area contributed by atoms with E-state index < -0.39 is 73.0 Å². The largest absolute Gasteiger partial charge is 0.506 e. The Morgan fingerprint density at radius 1 is 1.12 bits per heavy atom. The lowest BCUT2D eigenvalue weighted by molar-refractivity contribution is -0.169. The third-order valence-electron chi connectivity index (χ3n) is 3.40. The Morgan fingerprint density at radius 2 is 1.69 bits per heavy atom. The summed E-state index contributed by atoms with van der Waals surface area (Å²) in [5.41, 5.74) is 0. The molecule has 0 radical (unpaired) electrons. The van der Waals surface area contributed by atoms with E-state index in [0.29, 0.717) is 0 Å². The maximum Gasteiger partial charge on any atom is 0.377 e. The van der Waals surface area contributed by atoms with Crippen LogP contribution in [0.25, 0.3) is 0 Å². The van der Waals surface area contributed by atoms with E-state index in [2.05, 4.69) is 4.74 Å². The smallest absolute Gasteiger partial charge is 0.377 e. The second-order valence-electron chi connectivity index (χ2n) is 5.95. The molecule has 12 nitrogen and oxygen atoms in total. The first-order chi connectivity index (χ1) is 11.9. The van der Waals surface area contributed by atoms with Crippen molar-refractivity contribution in [2.24, 2.45) is 0 Å². The van der Waals surface area contributed by atoms with Gasteiger partial charge in [0.1, 0.15) is 31.0 Å². The molecule has 0 unspecified atom stereocenters. The summed E-state index contributed by atoms with van der Waals surface area (Å²) in [5, 5.41) is 65.1. The minimum atomic E-state index is -2.15. The van der Waals surface area contributed by atoms with Crippen LogP contribution in [0.2, 0.25) is 0 Å². The van der Waals surface area contributed by atoms with Gasteiger partial charge in [0.05, 0.1) is 6.61 Å². The van der Waals surface area contributed by atoms with Gasteiger partial charge < -0.3 is 50.0 Å². The number of hydrogen-bond acceptors (Lipinski definition) is 11. The molecule has 12 heteroatoms. The molecule has 5 atom stereocenters. The third-order valence-corrected chi connectivity index (χ3v) is 3.40. The zero-order valence-corrected chi connectivity index (χ0v) is 14.0. The molecule has 1 aliphatic heterocycles. The van der Waals surface area contributed by atoms with Crippen LogP contribution in [0.5, 0.6) is 0 Å². The minimum Gasteiger partial charge on any atom is -0.506 e. The van der Waals surface area contributed by atoms with Crippen LogP contribution < -0.4 is 0 Å². The molecule has 0 bridgehead atoms. The van der Waals surface area contributed by atoms with E-state index in [1.165, 1.54) is 13.8 Å². The molecule has 0 spiro atoms. The van der Waals surface area contributed by atoms with Crippen LogP contribution in [0.4, 0.5) is 0 Å². The molecule has 7 N–H and O–H groups in total. The highest BCUT2D eigenvalue weighted by molar-refractivity contribution is 5.86. The highest BCUT2D eigenvalue weighted by Gasteiger charge is 2.49. The van der Waals surface area contributed by atoms with Crippen molar-refractivity contribution in [2.75, 3.05) is 13.2 Å². The number of aliphatic carboxylic acids is 1. The second-order valence-corrected chi connectivity index (χ2v) is 5.95. The molecule has 0 aromatic rings. The van der Waals surface area contributed by atoms with Gasteiger partial charge in [0, 0.05) is 0 Å². The van der Waals surface area contributed by atoms with E-state index in [1.807, 2.05) is 0 Å². The summed E-state index contributed by atoms with van der Waals surface area (Å²) in [6.07, 6.45) is -8.57. The lowest BCUT2D eigenvalue weighted by atomic mass is 10.1. The highest BCUT2D eigenvalue weighted by atomic mass is 16.8. The van der Waals surface area contributed by atoms with Crippen LogP contribution in [-0.2, 0) is 23.8 Å². The van der Waals surface area contributed by atoms with Crippen LogP contribution in [0.1, 0.15) is 13.8 Å². The van der Waals surface area contributed by atoms with Gasteiger partial charge in [-0.15, -0.1) is 0 Å². The summed E-state index contributed by atoms with van der Waals surface area (Å²) in [6.45, 7) is 1.05. The normalized spacial score (nSPS) is 26.5. The predicted octanol–water partition coefficient (Wildman–Crippen LogP) is -2.46. The highest BCUT2D eigenvalue weighted by Crippen LogP contribution is 2.30. The van der Waals surface area contributed by atoms with E-state index in [9.17, 15) is 30.0 Å². The van der Waals surface area contributed by atoms with Crippen molar-refractivity contribution in [3.63, 3.8) is 0 Å². The Hall–Kier alpha value is -1.96. The van der Waals surface area contributed by atoms with Gasteiger partial charge in [0.2, 0.25) is 5.76 Å². The summed E-state index contributed by atoms with van der Waals surface area (Å²) in [5.74, 6) is -7.10. The lowest BCUT2D eigenvalue weighted by Gasteiger charge is -2.21. The minimum absolute atomic E-state index is 0.831. The Bertz CT molecular complexity index is 556. The van der Waals surface area contributed by atoms with Gasteiger partial charge in [-0.3, -0.25) is 0 Å². The van der Waals surface area contributed by atoms with Gasteiger partial charge in [-0.05, 0) is 13.8 Å². The number of carbonyl (C=O) groups excluding carboxylic acids is 1. The SMILES string of the molecule is CC1(C)O[C@H]([C@H](O)COC(=O)/C(O)=C(/O)[C@H](O)[C@@H](O)CO)[C@H](C(=O)O)O1. The average molecular weight is 382 g/mol. The van der Waals surface area contributed by atoms with Gasteiger partial charge in [-0.2, -0.15) is 0 Å². The first-order valence-corrected chi connectivity index (χ1v) is 7.44. The fourth-order valence-corrected chi connectivity index (χ4v) is 2.11. The molecule has 26 heavy (non-hydrogen) atoms. The maximum absolute atomic E-state index is 11.6. The zero-order valence-electron chi connectivity index (χ0n) is 14.0. The molecule has 0 aliphatic carbocycles. The molecule has 1 saturated heterocycles. The summed E-state index contributed by atoms with van der Waals surface area (Å²) in [6, 6.07) is 0. The number of aliphatic hydroxyl groups excluding tert-OH is 6. The topological polar surface area (TPSA) is 203 Å². The van der Waals surface area contributed by atoms with Crippen molar-refractivity contribution in [1.82, 2.24) is 0 Å². The molecule has 1 rings (SSSR count). The number of ether oxygens (including phenoxy) is 3. The Kier molecular flexibility index (Phi) is 7.32. The van der Waals surface area contributed by atoms with Gasteiger partial charge >= 0.3 is 11.9 Å². The summed E-state index contributed by atoms with van der Waals surface area (Å²) >= 11 is 0. The van der Waals surface area contributed by atoms with Gasteiger partial charge in [-0.1, -0.05) is 0 Å². The number of aliphatic hydroxyl groups is 6. The lowest BCUT2D eigenvalue weighted by Crippen LogP contribution is -2.42. The van der Waals surface area contributed by atoms with Crippen LogP contribution in [0.3, 0.4) is 0 Å². The van der Waals surface area contributed by atoms with Gasteiger partial charge in [0.25, 0.3) is 0 Å². The van der Waals surface area contributed by atoms with Gasteiger partial charge in [0.15, 0.2) is 17.7 Å². The number of esters is 1. The van der Waals surface area contributed by atoms with Crippen LogP contribution in [-0.4, -0.2) is 97.2 Å². The Morgan fingerprint density at radius 3 is 2.19 bits per heavy atom. The van der Waals surface area contributed by atoms with Crippen molar-refractivity contribution < 1.29 is 59.5 Å². The number of rotatable bonds is 8. The zero-order chi connectivity index (χ0) is 20.2. The molecule has 1 heterocycles. The van der Waals surface area contributed by atoms with Gasteiger partial charge in [-0.25, -0.2) is 9.59 Å². The quantitative estimate of drug-likeness (QED) is 0.133. The van der Waals surface area contributed by atoms with Crippen molar-refractivity contribution >= 4 is 11.9 Å².